The number of carbonyl (C=O) groups is 1. The van der Waals surface area contributed by atoms with E-state index in [1.165, 1.54) is 0 Å². The monoisotopic (exact) mass is 172 g/mol. The van der Waals surface area contributed by atoms with Gasteiger partial charge in [0.25, 0.3) is 0 Å². The van der Waals surface area contributed by atoms with E-state index in [0.29, 0.717) is 6.54 Å². The molecule has 0 aromatic heterocycles. The lowest BCUT2D eigenvalue weighted by Crippen LogP contribution is -2.42. The van der Waals surface area contributed by atoms with Gasteiger partial charge >= 0.3 is 0 Å². The maximum Gasteiger partial charge on any atom is 0.234 e. The third-order valence-electron chi connectivity index (χ3n) is 2.50. The van der Waals surface area contributed by atoms with Crippen LogP contribution in [0, 0.1) is 5.41 Å². The van der Waals surface area contributed by atoms with E-state index in [1.807, 2.05) is 0 Å². The van der Waals surface area contributed by atoms with Gasteiger partial charge in [-0.3, -0.25) is 4.79 Å². The number of nitrogens with two attached hydrogens (primary N) is 1. The fraction of sp³-hybridized carbons (Fsp3) is 0.875. The summed E-state index contributed by atoms with van der Waals surface area (Å²) in [4.78, 5) is 10.6. The van der Waals surface area contributed by atoms with Crippen LogP contribution >= 0.6 is 0 Å². The summed E-state index contributed by atoms with van der Waals surface area (Å²) in [6.45, 7) is 2.62. The molecule has 0 bridgehead atoms. The molecule has 1 atom stereocenters. The Balaban J connectivity index is 2.21. The van der Waals surface area contributed by atoms with Crippen molar-refractivity contribution in [3.8, 4) is 0 Å². The molecule has 1 fully saturated rings. The topological polar surface area (TPSA) is 75.3 Å². The van der Waals surface area contributed by atoms with Gasteiger partial charge in [0.15, 0.2) is 0 Å². The largest absolute Gasteiger partial charge is 0.396 e. The van der Waals surface area contributed by atoms with Gasteiger partial charge in [0.1, 0.15) is 0 Å². The number of carbonyl (C=O) groups excluding carboxylic acids is 1. The number of hydrogen-bond acceptors (Lipinski definition) is 3. The molecule has 0 saturated heterocycles. The smallest absolute Gasteiger partial charge is 0.234 e. The number of rotatable bonds is 5. The fourth-order valence-electron chi connectivity index (χ4n) is 1.04. The van der Waals surface area contributed by atoms with Crippen molar-refractivity contribution in [3.63, 3.8) is 0 Å². The average Bonchev–Trinajstić information content (AvgIpc) is 2.81. The molecule has 70 valence electrons. The Morgan fingerprint density at radius 2 is 2.33 bits per heavy atom. The van der Waals surface area contributed by atoms with Crippen LogP contribution in [-0.4, -0.2) is 30.2 Å². The zero-order valence-corrected chi connectivity index (χ0v) is 7.34. The summed E-state index contributed by atoms with van der Waals surface area (Å²) in [6.07, 6.45) is 2.09. The van der Waals surface area contributed by atoms with Crippen molar-refractivity contribution in [2.75, 3.05) is 13.2 Å². The van der Waals surface area contributed by atoms with Crippen LogP contribution in [0.15, 0.2) is 0 Å². The second-order valence-electron chi connectivity index (χ2n) is 3.66. The van der Waals surface area contributed by atoms with Crippen LogP contribution in [0.2, 0.25) is 0 Å². The molecule has 0 radical (unpaired) electrons. The van der Waals surface area contributed by atoms with Crippen LogP contribution in [0.4, 0.5) is 0 Å². The first kappa shape index (κ1) is 9.48. The van der Waals surface area contributed by atoms with E-state index in [9.17, 15) is 4.79 Å². The molecule has 1 aliphatic carbocycles. The summed E-state index contributed by atoms with van der Waals surface area (Å²) in [5.41, 5.74) is 5.11. The van der Waals surface area contributed by atoms with Crippen LogP contribution in [0.1, 0.15) is 19.8 Å². The molecular weight excluding hydrogens is 156 g/mol. The Bertz CT molecular complexity index is 178. The quantitative estimate of drug-likeness (QED) is 0.509. The van der Waals surface area contributed by atoms with E-state index in [-0.39, 0.29) is 24.0 Å². The van der Waals surface area contributed by atoms with Crippen molar-refractivity contribution in [3.05, 3.63) is 0 Å². The van der Waals surface area contributed by atoms with Gasteiger partial charge in [-0.1, -0.05) is 0 Å². The lowest BCUT2D eigenvalue weighted by Gasteiger charge is -2.15. The van der Waals surface area contributed by atoms with E-state index < -0.39 is 0 Å². The molecule has 1 saturated carbocycles. The van der Waals surface area contributed by atoms with Gasteiger partial charge in [0, 0.05) is 18.6 Å². The third kappa shape index (κ3) is 2.19. The minimum absolute atomic E-state index is 0.0453. The highest BCUT2D eigenvalue weighted by atomic mass is 16.3. The van der Waals surface area contributed by atoms with Crippen LogP contribution in [-0.2, 0) is 4.79 Å². The molecule has 0 spiro atoms. The molecule has 0 aromatic carbocycles. The van der Waals surface area contributed by atoms with E-state index in [1.54, 1.807) is 6.92 Å². The molecule has 12 heavy (non-hydrogen) atoms. The normalized spacial score (nSPS) is 21.8. The number of aliphatic hydroxyl groups excluding tert-OH is 1. The molecule has 1 amide bonds. The van der Waals surface area contributed by atoms with Gasteiger partial charge in [0.05, 0.1) is 6.04 Å². The highest BCUT2D eigenvalue weighted by molar-refractivity contribution is 5.79. The molecule has 4 heteroatoms. The Morgan fingerprint density at radius 1 is 1.75 bits per heavy atom. The van der Waals surface area contributed by atoms with Gasteiger partial charge in [-0.2, -0.15) is 0 Å². The summed E-state index contributed by atoms with van der Waals surface area (Å²) >= 11 is 0. The Kier molecular flexibility index (Phi) is 2.69. The molecule has 1 unspecified atom stereocenters. The van der Waals surface area contributed by atoms with Crippen molar-refractivity contribution >= 4 is 5.91 Å². The van der Waals surface area contributed by atoms with Crippen LogP contribution in [0.3, 0.4) is 0 Å². The SMILES string of the molecule is CC(NCC1(CO)CC1)C(N)=O. The second-order valence-corrected chi connectivity index (χ2v) is 3.66. The van der Waals surface area contributed by atoms with Gasteiger partial charge in [-0.05, 0) is 19.8 Å². The van der Waals surface area contributed by atoms with Gasteiger partial charge < -0.3 is 16.2 Å². The highest BCUT2D eigenvalue weighted by Crippen LogP contribution is 2.44. The van der Waals surface area contributed by atoms with Crippen molar-refractivity contribution in [2.45, 2.75) is 25.8 Å². The summed E-state index contributed by atoms with van der Waals surface area (Å²) < 4.78 is 0. The molecule has 0 heterocycles. The number of hydrogen-bond donors (Lipinski definition) is 3. The minimum Gasteiger partial charge on any atom is -0.396 e. The summed E-state index contributed by atoms with van der Waals surface area (Å²) in [6, 6.07) is -0.297. The van der Waals surface area contributed by atoms with E-state index in [2.05, 4.69) is 5.32 Å². The molecule has 4 nitrogen and oxygen atoms in total. The average molecular weight is 172 g/mol. The third-order valence-corrected chi connectivity index (χ3v) is 2.50. The second kappa shape index (κ2) is 3.41. The number of aliphatic hydroxyl groups is 1. The van der Waals surface area contributed by atoms with Gasteiger partial charge in [-0.25, -0.2) is 0 Å². The molecule has 0 aromatic rings. The predicted molar refractivity (Wildman–Crippen MR) is 45.4 cm³/mol. The fourth-order valence-corrected chi connectivity index (χ4v) is 1.04. The van der Waals surface area contributed by atoms with Crippen molar-refractivity contribution in [2.24, 2.45) is 11.1 Å². The van der Waals surface area contributed by atoms with Gasteiger partial charge in [-0.15, -0.1) is 0 Å². The van der Waals surface area contributed by atoms with E-state index >= 15 is 0 Å². The van der Waals surface area contributed by atoms with Crippen LogP contribution in [0.25, 0.3) is 0 Å². The summed E-state index contributed by atoms with van der Waals surface area (Å²) in [5, 5.41) is 12.0. The summed E-state index contributed by atoms with van der Waals surface area (Å²) in [5.74, 6) is -0.344. The van der Waals surface area contributed by atoms with Gasteiger partial charge in [0.2, 0.25) is 5.91 Å². The maximum absolute atomic E-state index is 10.6. The molecular formula is C8H16N2O2. The minimum atomic E-state index is -0.344. The molecule has 0 aliphatic heterocycles. The highest BCUT2D eigenvalue weighted by Gasteiger charge is 2.41. The first-order chi connectivity index (χ1) is 5.59. The number of primary amides is 1. The lowest BCUT2D eigenvalue weighted by molar-refractivity contribution is -0.119. The number of amides is 1. The predicted octanol–water partition coefficient (Wildman–Crippen LogP) is -0.778. The van der Waals surface area contributed by atoms with Crippen LogP contribution < -0.4 is 11.1 Å². The van der Waals surface area contributed by atoms with Crippen molar-refractivity contribution in [1.29, 1.82) is 0 Å². The van der Waals surface area contributed by atoms with Crippen LogP contribution in [0.5, 0.6) is 0 Å². The first-order valence-corrected chi connectivity index (χ1v) is 4.23. The Labute approximate surface area is 72.1 Å². The molecule has 1 rings (SSSR count). The zero-order chi connectivity index (χ0) is 9.19. The lowest BCUT2D eigenvalue weighted by atomic mass is 10.1. The summed E-state index contributed by atoms with van der Waals surface area (Å²) in [7, 11) is 0. The molecule has 4 N–H and O–H groups in total. The Morgan fingerprint density at radius 3 is 2.67 bits per heavy atom. The van der Waals surface area contributed by atoms with E-state index in [4.69, 9.17) is 10.8 Å². The first-order valence-electron chi connectivity index (χ1n) is 4.23. The van der Waals surface area contributed by atoms with Crippen molar-refractivity contribution in [1.82, 2.24) is 5.32 Å². The Hall–Kier alpha value is -0.610. The standard InChI is InChI=1S/C8H16N2O2/c1-6(7(9)12)10-4-8(5-11)2-3-8/h6,10-11H,2-5H2,1H3,(H2,9,12). The zero-order valence-electron chi connectivity index (χ0n) is 7.34. The van der Waals surface area contributed by atoms with Crippen molar-refractivity contribution < 1.29 is 9.90 Å². The molecule has 1 aliphatic rings. The number of nitrogens with one attached hydrogen (secondary N) is 1. The maximum atomic E-state index is 10.6. The van der Waals surface area contributed by atoms with E-state index in [0.717, 1.165) is 12.8 Å².